The van der Waals surface area contributed by atoms with Crippen LogP contribution in [0, 0.1) is 5.92 Å². The SMILES string of the molecule is CC(C)C[C@@H](NC(=S)Nc1ccc(Cl)c(C(F)(F)F)c1)c1ccccc1. The van der Waals surface area contributed by atoms with Gasteiger partial charge in [0.1, 0.15) is 0 Å². The van der Waals surface area contributed by atoms with E-state index in [-0.39, 0.29) is 21.9 Å². The van der Waals surface area contributed by atoms with Gasteiger partial charge in [-0.1, -0.05) is 55.8 Å². The van der Waals surface area contributed by atoms with Crippen molar-refractivity contribution in [3.05, 3.63) is 64.7 Å². The van der Waals surface area contributed by atoms with Gasteiger partial charge in [0, 0.05) is 5.69 Å². The van der Waals surface area contributed by atoms with Gasteiger partial charge in [0.15, 0.2) is 5.11 Å². The van der Waals surface area contributed by atoms with Crippen molar-refractivity contribution in [1.29, 1.82) is 0 Å². The number of alkyl halides is 3. The van der Waals surface area contributed by atoms with Crippen LogP contribution in [0.4, 0.5) is 18.9 Å². The summed E-state index contributed by atoms with van der Waals surface area (Å²) < 4.78 is 38.9. The third kappa shape index (κ3) is 5.88. The van der Waals surface area contributed by atoms with E-state index >= 15 is 0 Å². The fourth-order valence-electron chi connectivity index (χ4n) is 2.58. The first-order valence-corrected chi connectivity index (χ1v) is 8.94. The summed E-state index contributed by atoms with van der Waals surface area (Å²) in [6, 6.07) is 13.4. The summed E-state index contributed by atoms with van der Waals surface area (Å²) in [5.41, 5.74) is 0.404. The van der Waals surface area contributed by atoms with Crippen LogP contribution in [-0.2, 0) is 6.18 Å². The maximum atomic E-state index is 13.0. The van der Waals surface area contributed by atoms with Crippen LogP contribution in [0.25, 0.3) is 0 Å². The fraction of sp³-hybridized carbons (Fsp3) is 0.316. The van der Waals surface area contributed by atoms with Crippen molar-refractivity contribution in [2.24, 2.45) is 5.92 Å². The molecule has 0 spiro atoms. The summed E-state index contributed by atoms with van der Waals surface area (Å²) in [4.78, 5) is 0. The zero-order valence-electron chi connectivity index (χ0n) is 14.4. The highest BCUT2D eigenvalue weighted by Gasteiger charge is 2.33. The van der Waals surface area contributed by atoms with E-state index in [0.717, 1.165) is 18.1 Å². The van der Waals surface area contributed by atoms with E-state index in [1.165, 1.54) is 12.1 Å². The minimum Gasteiger partial charge on any atom is -0.356 e. The monoisotopic (exact) mass is 400 g/mol. The van der Waals surface area contributed by atoms with Gasteiger partial charge in [-0.3, -0.25) is 0 Å². The highest BCUT2D eigenvalue weighted by atomic mass is 35.5. The van der Waals surface area contributed by atoms with E-state index in [1.54, 1.807) is 0 Å². The molecule has 0 saturated carbocycles. The van der Waals surface area contributed by atoms with Gasteiger partial charge >= 0.3 is 6.18 Å². The summed E-state index contributed by atoms with van der Waals surface area (Å²) in [6.45, 7) is 4.20. The molecular weight excluding hydrogens is 381 g/mol. The lowest BCUT2D eigenvalue weighted by molar-refractivity contribution is -0.137. The average Bonchev–Trinajstić information content (AvgIpc) is 2.55. The first-order chi connectivity index (χ1) is 12.2. The number of benzene rings is 2. The van der Waals surface area contributed by atoms with Gasteiger partial charge < -0.3 is 10.6 Å². The van der Waals surface area contributed by atoms with Gasteiger partial charge in [-0.2, -0.15) is 13.2 Å². The molecule has 0 aromatic heterocycles. The first kappa shape index (κ1) is 20.5. The standard InChI is InChI=1S/C19H20ClF3N2S/c1-12(2)10-17(13-6-4-3-5-7-13)25-18(26)24-14-8-9-16(20)15(11-14)19(21,22)23/h3-9,11-12,17H,10H2,1-2H3,(H2,24,25,26)/t17-/m1/s1. The molecule has 0 unspecified atom stereocenters. The van der Waals surface area contributed by atoms with Gasteiger partial charge in [-0.05, 0) is 48.3 Å². The molecule has 26 heavy (non-hydrogen) atoms. The van der Waals surface area contributed by atoms with Gasteiger partial charge in [-0.25, -0.2) is 0 Å². The van der Waals surface area contributed by atoms with Crippen LogP contribution < -0.4 is 10.6 Å². The third-order valence-corrected chi connectivity index (χ3v) is 4.29. The zero-order chi connectivity index (χ0) is 19.3. The van der Waals surface area contributed by atoms with Crippen molar-refractivity contribution in [1.82, 2.24) is 5.32 Å². The number of anilines is 1. The number of hydrogen-bond donors (Lipinski definition) is 2. The lowest BCUT2D eigenvalue weighted by Gasteiger charge is -2.23. The van der Waals surface area contributed by atoms with Gasteiger partial charge in [0.25, 0.3) is 0 Å². The molecule has 7 heteroatoms. The van der Waals surface area contributed by atoms with E-state index in [2.05, 4.69) is 24.5 Å². The van der Waals surface area contributed by atoms with Gasteiger partial charge in [0.2, 0.25) is 0 Å². The van der Waals surface area contributed by atoms with E-state index < -0.39 is 11.7 Å². The van der Waals surface area contributed by atoms with Crippen LogP contribution >= 0.6 is 23.8 Å². The predicted octanol–water partition coefficient (Wildman–Crippen LogP) is 6.43. The van der Waals surface area contributed by atoms with Crippen LogP contribution in [0.2, 0.25) is 5.02 Å². The lowest BCUT2D eigenvalue weighted by Crippen LogP contribution is -2.33. The largest absolute Gasteiger partial charge is 0.417 e. The Morgan fingerprint density at radius 1 is 1.12 bits per heavy atom. The Morgan fingerprint density at radius 2 is 1.77 bits per heavy atom. The second-order valence-electron chi connectivity index (χ2n) is 6.38. The molecule has 2 rings (SSSR count). The second-order valence-corrected chi connectivity index (χ2v) is 7.20. The Balaban J connectivity index is 2.13. The summed E-state index contributed by atoms with van der Waals surface area (Å²) in [5, 5.41) is 5.92. The molecule has 0 saturated heterocycles. The topological polar surface area (TPSA) is 24.1 Å². The lowest BCUT2D eigenvalue weighted by atomic mass is 9.97. The average molecular weight is 401 g/mol. The molecule has 2 nitrogen and oxygen atoms in total. The normalized spacial score (nSPS) is 12.7. The fourth-order valence-corrected chi connectivity index (χ4v) is 3.07. The van der Waals surface area contributed by atoms with Crippen molar-refractivity contribution < 1.29 is 13.2 Å². The van der Waals surface area contributed by atoms with E-state index in [9.17, 15) is 13.2 Å². The maximum Gasteiger partial charge on any atom is 0.417 e. The second kappa shape index (κ2) is 8.73. The summed E-state index contributed by atoms with van der Waals surface area (Å²) >= 11 is 10.9. The van der Waals surface area contributed by atoms with E-state index in [1.807, 2.05) is 30.3 Å². The van der Waals surface area contributed by atoms with E-state index in [0.29, 0.717) is 5.92 Å². The molecule has 140 valence electrons. The Labute approximate surface area is 161 Å². The van der Waals surface area contributed by atoms with Crippen LogP contribution in [-0.4, -0.2) is 5.11 Å². The summed E-state index contributed by atoms with van der Waals surface area (Å²) in [5.74, 6) is 0.419. The molecule has 0 fully saturated rings. The van der Waals surface area contributed by atoms with Crippen molar-refractivity contribution >= 4 is 34.6 Å². The number of rotatable bonds is 5. The van der Waals surface area contributed by atoms with Crippen molar-refractivity contribution in [2.45, 2.75) is 32.5 Å². The van der Waals surface area contributed by atoms with E-state index in [4.69, 9.17) is 23.8 Å². The highest BCUT2D eigenvalue weighted by Crippen LogP contribution is 2.36. The molecule has 0 amide bonds. The molecule has 0 heterocycles. The molecule has 2 aromatic carbocycles. The molecule has 0 aliphatic carbocycles. The molecule has 2 N–H and O–H groups in total. The molecule has 0 radical (unpaired) electrons. The number of halogens is 4. The summed E-state index contributed by atoms with van der Waals surface area (Å²) in [6.07, 6.45) is -3.69. The number of nitrogens with one attached hydrogen (secondary N) is 2. The van der Waals surface area contributed by atoms with Crippen LogP contribution in [0.1, 0.15) is 37.4 Å². The Bertz CT molecular complexity index is 748. The van der Waals surface area contributed by atoms with Crippen molar-refractivity contribution in [3.8, 4) is 0 Å². The maximum absolute atomic E-state index is 13.0. The van der Waals surface area contributed by atoms with Gasteiger partial charge in [-0.15, -0.1) is 0 Å². The smallest absolute Gasteiger partial charge is 0.356 e. The zero-order valence-corrected chi connectivity index (χ0v) is 16.0. The molecule has 0 aliphatic rings. The molecule has 1 atom stereocenters. The number of thiocarbonyl (C=S) groups is 1. The third-order valence-electron chi connectivity index (χ3n) is 3.74. The van der Waals surface area contributed by atoms with Gasteiger partial charge in [0.05, 0.1) is 16.6 Å². The predicted molar refractivity (Wildman–Crippen MR) is 104 cm³/mol. The molecular formula is C19H20ClF3N2S. The molecule has 0 bridgehead atoms. The quantitative estimate of drug-likeness (QED) is 0.565. The molecule has 0 aliphatic heterocycles. The molecule has 2 aromatic rings. The van der Waals surface area contributed by atoms with Crippen molar-refractivity contribution in [2.75, 3.05) is 5.32 Å². The van der Waals surface area contributed by atoms with Crippen LogP contribution in [0.5, 0.6) is 0 Å². The first-order valence-electron chi connectivity index (χ1n) is 8.16. The van der Waals surface area contributed by atoms with Crippen molar-refractivity contribution in [3.63, 3.8) is 0 Å². The Hall–Kier alpha value is -1.79. The van der Waals surface area contributed by atoms with Crippen LogP contribution in [0.3, 0.4) is 0 Å². The Kier molecular flexibility index (Phi) is 6.89. The Morgan fingerprint density at radius 3 is 2.35 bits per heavy atom. The van der Waals surface area contributed by atoms with Crippen LogP contribution in [0.15, 0.2) is 48.5 Å². The minimum absolute atomic E-state index is 0.0365. The highest BCUT2D eigenvalue weighted by molar-refractivity contribution is 7.80. The number of hydrogen-bond acceptors (Lipinski definition) is 1. The minimum atomic E-state index is -4.52. The summed E-state index contributed by atoms with van der Waals surface area (Å²) in [7, 11) is 0.